The van der Waals surface area contributed by atoms with Crippen LogP contribution in [0.1, 0.15) is 46.6 Å². The lowest BCUT2D eigenvalue weighted by Crippen LogP contribution is -2.37. The maximum Gasteiger partial charge on any atom is 0.290 e. The number of likely N-dealkylation sites (tertiary alicyclic amines) is 1. The minimum atomic E-state index is -0.250. The van der Waals surface area contributed by atoms with Crippen LogP contribution < -0.4 is 5.32 Å². The number of carboxylic acid groups (broad SMARTS) is 1. The summed E-state index contributed by atoms with van der Waals surface area (Å²) in [4.78, 5) is 41.7. The van der Waals surface area contributed by atoms with E-state index in [0.29, 0.717) is 44.2 Å². The minimum Gasteiger partial charge on any atom is -0.483 e. The second-order valence-electron chi connectivity index (χ2n) is 8.05. The molecule has 32 heavy (non-hydrogen) atoms. The third-order valence-electron chi connectivity index (χ3n) is 6.04. The molecule has 0 aromatic carbocycles. The molecule has 0 aliphatic carbocycles. The van der Waals surface area contributed by atoms with Gasteiger partial charge in [-0.3, -0.25) is 24.5 Å². The molecule has 2 aliphatic heterocycles. The van der Waals surface area contributed by atoms with Crippen LogP contribution in [0, 0.1) is 0 Å². The molecule has 10 heteroatoms. The van der Waals surface area contributed by atoms with Gasteiger partial charge in [0.05, 0.1) is 18.7 Å². The van der Waals surface area contributed by atoms with Crippen molar-refractivity contribution in [2.45, 2.75) is 44.7 Å². The second-order valence-corrected chi connectivity index (χ2v) is 8.05. The Bertz CT molecular complexity index is 916. The Morgan fingerprint density at radius 1 is 1.31 bits per heavy atom. The number of nitrogens with one attached hydrogen (secondary N) is 2. The van der Waals surface area contributed by atoms with Crippen LogP contribution in [0.4, 0.5) is 0 Å². The van der Waals surface area contributed by atoms with Gasteiger partial charge in [0.15, 0.2) is 5.69 Å². The van der Waals surface area contributed by atoms with E-state index in [2.05, 4.69) is 32.4 Å². The summed E-state index contributed by atoms with van der Waals surface area (Å²) in [6, 6.07) is 4.27. The maximum absolute atomic E-state index is 12.6. The molecule has 0 radical (unpaired) electrons. The van der Waals surface area contributed by atoms with Gasteiger partial charge in [0, 0.05) is 37.1 Å². The van der Waals surface area contributed by atoms with Crippen molar-refractivity contribution in [3.05, 3.63) is 47.0 Å². The third kappa shape index (κ3) is 5.91. The molecule has 1 fully saturated rings. The van der Waals surface area contributed by atoms with E-state index in [4.69, 9.17) is 9.90 Å². The van der Waals surface area contributed by atoms with Gasteiger partial charge in [-0.2, -0.15) is 5.10 Å². The number of hydrogen-bond donors (Lipinski definition) is 3. The van der Waals surface area contributed by atoms with Crippen molar-refractivity contribution in [1.29, 1.82) is 0 Å². The number of carbonyl (C=O) groups is 3. The average Bonchev–Trinajstić information content (AvgIpc) is 3.40. The maximum atomic E-state index is 12.6. The predicted octanol–water partition coefficient (Wildman–Crippen LogP) is 0.847. The number of rotatable bonds is 6. The fourth-order valence-electron chi connectivity index (χ4n) is 4.29. The zero-order chi connectivity index (χ0) is 22.9. The highest BCUT2D eigenvalue weighted by Gasteiger charge is 2.27. The standard InChI is InChI=1S/C21H28N6O2.CH2O2/c1-26-11-2-3-16(26)6-10-23-21(29)20-17-7-12-27(14-18(17)24-25-20)19(28)13-15-4-8-22-9-5-15;2-1-3/h4-5,8-9,16H,2-3,6-7,10-14H2,1H3,(H,23,29)(H,24,25);1H,(H,2,3). The van der Waals surface area contributed by atoms with E-state index in [-0.39, 0.29) is 18.3 Å². The number of fused-ring (bicyclic) bond motifs is 1. The van der Waals surface area contributed by atoms with E-state index in [9.17, 15) is 9.59 Å². The summed E-state index contributed by atoms with van der Waals surface area (Å²) in [7, 11) is 2.14. The molecule has 1 unspecified atom stereocenters. The monoisotopic (exact) mass is 442 g/mol. The number of H-pyrrole nitrogens is 1. The zero-order valence-electron chi connectivity index (χ0n) is 18.3. The molecule has 4 rings (SSSR count). The first kappa shape index (κ1) is 23.4. The molecule has 0 saturated carbocycles. The highest BCUT2D eigenvalue weighted by atomic mass is 16.3. The Morgan fingerprint density at radius 3 is 2.75 bits per heavy atom. The number of carbonyl (C=O) groups excluding carboxylic acids is 2. The number of aromatic amines is 1. The van der Waals surface area contributed by atoms with Crippen molar-refractivity contribution in [3.8, 4) is 0 Å². The molecular weight excluding hydrogens is 412 g/mol. The molecule has 1 atom stereocenters. The first-order valence-corrected chi connectivity index (χ1v) is 10.8. The molecule has 3 N–H and O–H groups in total. The molecule has 2 amide bonds. The van der Waals surface area contributed by atoms with Gasteiger partial charge in [-0.25, -0.2) is 0 Å². The molecular formula is C22H30N6O4. The van der Waals surface area contributed by atoms with Crippen molar-refractivity contribution in [3.63, 3.8) is 0 Å². The van der Waals surface area contributed by atoms with E-state index in [0.717, 1.165) is 29.8 Å². The van der Waals surface area contributed by atoms with Crippen LogP contribution >= 0.6 is 0 Å². The lowest BCUT2D eigenvalue weighted by atomic mass is 10.0. The van der Waals surface area contributed by atoms with E-state index in [1.165, 1.54) is 12.8 Å². The normalized spacial score (nSPS) is 17.8. The van der Waals surface area contributed by atoms with E-state index >= 15 is 0 Å². The highest BCUT2D eigenvalue weighted by molar-refractivity contribution is 5.94. The molecule has 10 nitrogen and oxygen atoms in total. The molecule has 172 valence electrons. The summed E-state index contributed by atoms with van der Waals surface area (Å²) < 4.78 is 0. The fraction of sp³-hybridized carbons (Fsp3) is 0.500. The number of aromatic nitrogens is 3. The van der Waals surface area contributed by atoms with Crippen molar-refractivity contribution < 1.29 is 19.5 Å². The number of hydrogen-bond acceptors (Lipinski definition) is 6. The third-order valence-corrected chi connectivity index (χ3v) is 6.04. The van der Waals surface area contributed by atoms with Crippen LogP contribution in [0.2, 0.25) is 0 Å². The first-order valence-electron chi connectivity index (χ1n) is 10.8. The van der Waals surface area contributed by atoms with Crippen LogP contribution in [-0.2, 0) is 29.0 Å². The van der Waals surface area contributed by atoms with Crippen molar-refractivity contribution in [2.75, 3.05) is 26.7 Å². The largest absolute Gasteiger partial charge is 0.483 e. The van der Waals surface area contributed by atoms with Crippen LogP contribution in [-0.4, -0.2) is 81.1 Å². The summed E-state index contributed by atoms with van der Waals surface area (Å²) in [5.41, 5.74) is 3.22. The van der Waals surface area contributed by atoms with Gasteiger partial charge in [-0.1, -0.05) is 0 Å². The summed E-state index contributed by atoms with van der Waals surface area (Å²) in [5.74, 6) is -0.0529. The van der Waals surface area contributed by atoms with Crippen molar-refractivity contribution >= 4 is 18.3 Å². The number of pyridine rings is 1. The fourth-order valence-corrected chi connectivity index (χ4v) is 4.29. The van der Waals surface area contributed by atoms with E-state index < -0.39 is 0 Å². The first-order chi connectivity index (χ1) is 15.5. The van der Waals surface area contributed by atoms with Crippen molar-refractivity contribution in [2.24, 2.45) is 0 Å². The molecule has 2 aliphatic rings. The van der Waals surface area contributed by atoms with E-state index in [1.54, 1.807) is 12.4 Å². The lowest BCUT2D eigenvalue weighted by molar-refractivity contribution is -0.131. The number of amides is 2. The molecule has 2 aromatic rings. The number of nitrogens with zero attached hydrogens (tertiary/aromatic N) is 4. The molecule has 0 spiro atoms. The summed E-state index contributed by atoms with van der Waals surface area (Å²) in [6.45, 7) is 2.61. The van der Waals surface area contributed by atoms with Gasteiger partial charge >= 0.3 is 0 Å². The minimum absolute atomic E-state index is 0.0723. The Labute approximate surface area is 187 Å². The smallest absolute Gasteiger partial charge is 0.290 e. The van der Waals surface area contributed by atoms with Crippen LogP contribution in [0.3, 0.4) is 0 Å². The lowest BCUT2D eigenvalue weighted by Gasteiger charge is -2.27. The molecule has 1 saturated heterocycles. The summed E-state index contributed by atoms with van der Waals surface area (Å²) in [6.07, 6.45) is 7.79. The SMILES string of the molecule is CN1CCCC1CCNC(=O)c1n[nH]c2c1CCN(C(=O)Cc1ccncc1)C2.O=CO. The highest BCUT2D eigenvalue weighted by Crippen LogP contribution is 2.21. The van der Waals surface area contributed by atoms with Gasteiger partial charge in [-0.15, -0.1) is 0 Å². The molecule has 0 bridgehead atoms. The topological polar surface area (TPSA) is 132 Å². The second kappa shape index (κ2) is 11.4. The van der Waals surface area contributed by atoms with Gasteiger partial charge in [0.1, 0.15) is 0 Å². The average molecular weight is 443 g/mol. The quantitative estimate of drug-likeness (QED) is 0.565. The molecule has 2 aromatic heterocycles. The zero-order valence-corrected chi connectivity index (χ0v) is 18.3. The summed E-state index contributed by atoms with van der Waals surface area (Å²) >= 11 is 0. The van der Waals surface area contributed by atoms with Gasteiger partial charge < -0.3 is 20.2 Å². The van der Waals surface area contributed by atoms with E-state index in [1.807, 2.05) is 17.0 Å². The molecule has 4 heterocycles. The van der Waals surface area contributed by atoms with Gasteiger partial charge in [0.2, 0.25) is 5.91 Å². The van der Waals surface area contributed by atoms with Gasteiger partial charge in [-0.05, 0) is 57.0 Å². The Morgan fingerprint density at radius 2 is 2.06 bits per heavy atom. The van der Waals surface area contributed by atoms with Gasteiger partial charge in [0.25, 0.3) is 12.4 Å². The van der Waals surface area contributed by atoms with Crippen LogP contribution in [0.15, 0.2) is 24.5 Å². The van der Waals surface area contributed by atoms with Crippen LogP contribution in [0.25, 0.3) is 0 Å². The Kier molecular flexibility index (Phi) is 8.32. The Balaban J connectivity index is 0.000000913. The predicted molar refractivity (Wildman–Crippen MR) is 117 cm³/mol. The summed E-state index contributed by atoms with van der Waals surface area (Å²) in [5, 5.41) is 17.1. The van der Waals surface area contributed by atoms with Crippen molar-refractivity contribution in [1.82, 2.24) is 30.3 Å². The Hall–Kier alpha value is -3.27. The van der Waals surface area contributed by atoms with Crippen LogP contribution in [0.5, 0.6) is 0 Å².